The summed E-state index contributed by atoms with van der Waals surface area (Å²) >= 11 is 0. The third kappa shape index (κ3) is 1.33. The second kappa shape index (κ2) is 3.31. The van der Waals surface area contributed by atoms with Crippen LogP contribution in [0.3, 0.4) is 0 Å². The van der Waals surface area contributed by atoms with E-state index in [1.165, 1.54) is 0 Å². The Hall–Kier alpha value is -1.55. The van der Waals surface area contributed by atoms with Gasteiger partial charge in [0.15, 0.2) is 0 Å². The molecule has 1 unspecified atom stereocenters. The molecule has 0 fully saturated rings. The quantitative estimate of drug-likeness (QED) is 0.617. The highest BCUT2D eigenvalue weighted by Crippen LogP contribution is 2.29. The maximum Gasteiger partial charge on any atom is 0.246 e. The summed E-state index contributed by atoms with van der Waals surface area (Å²) in [5, 5.41) is 5.96. The minimum absolute atomic E-state index is 0.0154. The van der Waals surface area contributed by atoms with Crippen molar-refractivity contribution in [1.82, 2.24) is 0 Å². The number of anilines is 2. The van der Waals surface area contributed by atoms with Crippen LogP contribution in [0, 0.1) is 0 Å². The fourth-order valence-electron chi connectivity index (χ4n) is 1.57. The molecule has 1 heterocycles. The zero-order valence-electron chi connectivity index (χ0n) is 8.00. The van der Waals surface area contributed by atoms with Gasteiger partial charge in [0.25, 0.3) is 0 Å². The summed E-state index contributed by atoms with van der Waals surface area (Å²) in [6, 6.07) is 5.59. The van der Waals surface area contributed by atoms with E-state index in [1.807, 2.05) is 25.1 Å². The third-order valence-corrected chi connectivity index (χ3v) is 2.38. The highest BCUT2D eigenvalue weighted by atomic mass is 16.2. The van der Waals surface area contributed by atoms with E-state index in [0.29, 0.717) is 6.54 Å². The summed E-state index contributed by atoms with van der Waals surface area (Å²) in [7, 11) is 0. The molecule has 1 aliphatic heterocycles. The number of nitrogens with one attached hydrogen (secondary N) is 2. The summed E-state index contributed by atoms with van der Waals surface area (Å²) in [4.78, 5) is 11.4. The van der Waals surface area contributed by atoms with Crippen LogP contribution in [0.2, 0.25) is 0 Å². The number of amides is 1. The fraction of sp³-hybridized carbons (Fsp3) is 0.300. The summed E-state index contributed by atoms with van der Waals surface area (Å²) in [5.41, 5.74) is 8.29. The molecule has 74 valence electrons. The topological polar surface area (TPSA) is 67.2 Å². The molecule has 4 nitrogen and oxygen atoms in total. The summed E-state index contributed by atoms with van der Waals surface area (Å²) in [6.07, 6.45) is 0. The summed E-state index contributed by atoms with van der Waals surface area (Å²) < 4.78 is 0. The highest BCUT2D eigenvalue weighted by Gasteiger charge is 2.22. The van der Waals surface area contributed by atoms with Crippen molar-refractivity contribution in [3.8, 4) is 0 Å². The largest absolute Gasteiger partial charge is 0.372 e. The Labute approximate surface area is 82.5 Å². The lowest BCUT2D eigenvalue weighted by Gasteiger charge is -2.25. The molecule has 4 N–H and O–H groups in total. The third-order valence-electron chi connectivity index (χ3n) is 2.38. The van der Waals surface area contributed by atoms with Crippen molar-refractivity contribution in [3.63, 3.8) is 0 Å². The number of benzene rings is 1. The van der Waals surface area contributed by atoms with E-state index < -0.39 is 0 Å². The lowest BCUT2D eigenvalue weighted by molar-refractivity contribution is -0.116. The predicted octanol–water partition coefficient (Wildman–Crippen LogP) is 0.898. The van der Waals surface area contributed by atoms with Gasteiger partial charge in [0, 0.05) is 6.54 Å². The van der Waals surface area contributed by atoms with Gasteiger partial charge in [-0.2, -0.15) is 0 Å². The molecule has 14 heavy (non-hydrogen) atoms. The summed E-state index contributed by atoms with van der Waals surface area (Å²) in [5.74, 6) is -0.0154. The Morgan fingerprint density at radius 2 is 2.29 bits per heavy atom. The normalized spacial score (nSPS) is 19.6. The molecule has 0 saturated heterocycles. The van der Waals surface area contributed by atoms with Gasteiger partial charge in [-0.15, -0.1) is 0 Å². The number of hydrogen-bond acceptors (Lipinski definition) is 3. The summed E-state index contributed by atoms with van der Waals surface area (Å²) in [6.45, 7) is 2.26. The first kappa shape index (κ1) is 9.02. The molecule has 2 rings (SSSR count). The van der Waals surface area contributed by atoms with Gasteiger partial charge in [-0.25, -0.2) is 0 Å². The number of carbonyl (C=O) groups is 1. The molecule has 1 aromatic rings. The van der Waals surface area contributed by atoms with Crippen LogP contribution < -0.4 is 16.4 Å². The van der Waals surface area contributed by atoms with E-state index in [9.17, 15) is 4.79 Å². The smallest absolute Gasteiger partial charge is 0.246 e. The molecule has 1 aliphatic rings. The van der Waals surface area contributed by atoms with E-state index >= 15 is 0 Å². The van der Waals surface area contributed by atoms with Gasteiger partial charge < -0.3 is 16.4 Å². The van der Waals surface area contributed by atoms with Crippen molar-refractivity contribution >= 4 is 17.3 Å². The lowest BCUT2D eigenvalue weighted by atomic mass is 10.1. The first-order valence-electron chi connectivity index (χ1n) is 4.61. The zero-order valence-corrected chi connectivity index (χ0v) is 8.00. The maximum absolute atomic E-state index is 11.4. The molecule has 1 amide bonds. The number of fused-ring (bicyclic) bond motifs is 1. The van der Waals surface area contributed by atoms with Gasteiger partial charge in [-0.1, -0.05) is 12.1 Å². The number of nitrogens with two attached hydrogens (primary N) is 1. The molecule has 0 aromatic heterocycles. The SMILES string of the molecule is CC1Nc2cccc(CN)c2NC1=O. The molecule has 0 saturated carbocycles. The van der Waals surface area contributed by atoms with Crippen molar-refractivity contribution in [1.29, 1.82) is 0 Å². The monoisotopic (exact) mass is 191 g/mol. The predicted molar refractivity (Wildman–Crippen MR) is 56.0 cm³/mol. The van der Waals surface area contributed by atoms with Crippen molar-refractivity contribution in [2.45, 2.75) is 19.5 Å². The van der Waals surface area contributed by atoms with Gasteiger partial charge in [-0.05, 0) is 18.6 Å². The Balaban J connectivity index is 2.46. The average Bonchev–Trinajstić information content (AvgIpc) is 2.19. The van der Waals surface area contributed by atoms with Crippen LogP contribution in [0.4, 0.5) is 11.4 Å². The number of carbonyl (C=O) groups excluding carboxylic acids is 1. The molecule has 4 heteroatoms. The van der Waals surface area contributed by atoms with Crippen molar-refractivity contribution in [2.24, 2.45) is 5.73 Å². The van der Waals surface area contributed by atoms with E-state index in [0.717, 1.165) is 16.9 Å². The van der Waals surface area contributed by atoms with Crippen LogP contribution >= 0.6 is 0 Å². The van der Waals surface area contributed by atoms with Crippen molar-refractivity contribution in [2.75, 3.05) is 10.6 Å². The molecule has 0 spiro atoms. The Kier molecular flexibility index (Phi) is 2.13. The van der Waals surface area contributed by atoms with Crippen molar-refractivity contribution < 1.29 is 4.79 Å². The molecular weight excluding hydrogens is 178 g/mol. The van der Waals surface area contributed by atoms with Gasteiger partial charge in [-0.3, -0.25) is 4.79 Å². The Morgan fingerprint density at radius 3 is 3.00 bits per heavy atom. The average molecular weight is 191 g/mol. The highest BCUT2D eigenvalue weighted by molar-refractivity contribution is 6.03. The molecule has 0 aliphatic carbocycles. The van der Waals surface area contributed by atoms with Gasteiger partial charge in [0.2, 0.25) is 5.91 Å². The standard InChI is InChI=1S/C10H13N3O/c1-6-10(14)13-9-7(5-11)3-2-4-8(9)12-6/h2-4,6,12H,5,11H2,1H3,(H,13,14). The lowest BCUT2D eigenvalue weighted by Crippen LogP contribution is -2.36. The molecule has 1 atom stereocenters. The second-order valence-corrected chi connectivity index (χ2v) is 3.40. The molecular formula is C10H13N3O. The Morgan fingerprint density at radius 1 is 1.50 bits per heavy atom. The molecule has 0 bridgehead atoms. The number of para-hydroxylation sites is 1. The zero-order chi connectivity index (χ0) is 10.1. The van der Waals surface area contributed by atoms with E-state index in [2.05, 4.69) is 10.6 Å². The van der Waals surface area contributed by atoms with Gasteiger partial charge in [0.1, 0.15) is 6.04 Å². The van der Waals surface area contributed by atoms with E-state index in [4.69, 9.17) is 5.73 Å². The van der Waals surface area contributed by atoms with E-state index in [-0.39, 0.29) is 11.9 Å². The minimum atomic E-state index is -0.185. The van der Waals surface area contributed by atoms with Gasteiger partial charge >= 0.3 is 0 Å². The fourth-order valence-corrected chi connectivity index (χ4v) is 1.57. The minimum Gasteiger partial charge on any atom is -0.372 e. The second-order valence-electron chi connectivity index (χ2n) is 3.40. The van der Waals surface area contributed by atoms with Crippen LogP contribution in [0.1, 0.15) is 12.5 Å². The Bertz CT molecular complexity index is 376. The number of rotatable bonds is 1. The first-order chi connectivity index (χ1) is 6.72. The van der Waals surface area contributed by atoms with Crippen LogP contribution in [0.15, 0.2) is 18.2 Å². The van der Waals surface area contributed by atoms with Gasteiger partial charge in [0.05, 0.1) is 11.4 Å². The molecule has 0 radical (unpaired) electrons. The van der Waals surface area contributed by atoms with Crippen molar-refractivity contribution in [3.05, 3.63) is 23.8 Å². The molecule has 1 aromatic carbocycles. The van der Waals surface area contributed by atoms with E-state index in [1.54, 1.807) is 0 Å². The van der Waals surface area contributed by atoms with Crippen LogP contribution in [0.25, 0.3) is 0 Å². The van der Waals surface area contributed by atoms with Crippen LogP contribution in [0.5, 0.6) is 0 Å². The number of hydrogen-bond donors (Lipinski definition) is 3. The van der Waals surface area contributed by atoms with Crippen LogP contribution in [-0.2, 0) is 11.3 Å². The first-order valence-corrected chi connectivity index (χ1v) is 4.61. The maximum atomic E-state index is 11.4. The van der Waals surface area contributed by atoms with Crippen LogP contribution in [-0.4, -0.2) is 11.9 Å².